The van der Waals surface area contributed by atoms with Gasteiger partial charge in [0.1, 0.15) is 6.54 Å². The van der Waals surface area contributed by atoms with E-state index in [4.69, 9.17) is 34.8 Å². The van der Waals surface area contributed by atoms with Crippen LogP contribution in [0.15, 0.2) is 54.1 Å². The second-order valence-corrected chi connectivity index (χ2v) is 9.33. The minimum Gasteiger partial charge on any atom is -0.292 e. The molecule has 1 saturated heterocycles. The third-order valence-electron chi connectivity index (χ3n) is 5.90. The summed E-state index contributed by atoms with van der Waals surface area (Å²) >= 11 is 18.3. The molecule has 0 unspecified atom stereocenters. The van der Waals surface area contributed by atoms with Crippen molar-refractivity contribution in [2.75, 3.05) is 6.54 Å². The zero-order valence-electron chi connectivity index (χ0n) is 17.6. The highest BCUT2D eigenvalue weighted by atomic mass is 35.5. The molecule has 0 spiro atoms. The molecule has 1 heterocycles. The average molecular weight is 506 g/mol. The van der Waals surface area contributed by atoms with E-state index < -0.39 is 41.9 Å². The maximum Gasteiger partial charge on any atom is 0.274 e. The average Bonchev–Trinajstić information content (AvgIpc) is 3.01. The van der Waals surface area contributed by atoms with Gasteiger partial charge in [-0.1, -0.05) is 58.6 Å². The summed E-state index contributed by atoms with van der Waals surface area (Å²) in [5, 5.41) is 2.28. The van der Waals surface area contributed by atoms with Crippen LogP contribution in [-0.4, -0.2) is 40.1 Å². The number of halogens is 3. The second-order valence-electron chi connectivity index (χ2n) is 8.08. The first-order chi connectivity index (χ1) is 15.7. The molecule has 0 bridgehead atoms. The summed E-state index contributed by atoms with van der Waals surface area (Å²) in [4.78, 5) is 53.2. The Morgan fingerprint density at radius 3 is 2.36 bits per heavy atom. The van der Waals surface area contributed by atoms with Crippen LogP contribution < -0.4 is 0 Å². The Bertz CT molecular complexity index is 1210. The molecule has 6 nitrogen and oxygen atoms in total. The van der Waals surface area contributed by atoms with E-state index in [2.05, 4.69) is 0 Å². The summed E-state index contributed by atoms with van der Waals surface area (Å²) in [5.74, 6) is -3.45. The van der Waals surface area contributed by atoms with E-state index >= 15 is 0 Å². The zero-order chi connectivity index (χ0) is 23.9. The Kier molecular flexibility index (Phi) is 6.61. The molecule has 4 rings (SSSR count). The number of fused-ring (bicyclic) bond motifs is 1. The smallest absolute Gasteiger partial charge is 0.274 e. The number of benzene rings is 2. The molecule has 2 aromatic carbocycles. The van der Waals surface area contributed by atoms with Crippen molar-refractivity contribution >= 4 is 58.3 Å². The maximum atomic E-state index is 13.5. The number of hydrogen-bond acceptors (Lipinski definition) is 4. The van der Waals surface area contributed by atoms with E-state index in [1.165, 1.54) is 30.3 Å². The Hall–Kier alpha value is -2.67. The van der Waals surface area contributed by atoms with Gasteiger partial charge in [-0.3, -0.25) is 19.2 Å². The molecule has 3 amide bonds. The SMILES string of the molecule is CC1=CC[C@H]2C(=O)N(N(CC(=O)c3ccc(Cl)cc3Cl)C(=O)c3ccccc3Cl)C(=O)[C@H]2C1. The van der Waals surface area contributed by atoms with E-state index in [0.717, 1.165) is 15.6 Å². The summed E-state index contributed by atoms with van der Waals surface area (Å²) in [6, 6.07) is 10.6. The molecule has 170 valence electrons. The Morgan fingerprint density at radius 2 is 1.67 bits per heavy atom. The van der Waals surface area contributed by atoms with Gasteiger partial charge in [-0.05, 0) is 50.1 Å². The zero-order valence-corrected chi connectivity index (χ0v) is 19.8. The third kappa shape index (κ3) is 4.43. The molecule has 1 aliphatic carbocycles. The van der Waals surface area contributed by atoms with Gasteiger partial charge in [-0.25, -0.2) is 5.01 Å². The van der Waals surface area contributed by atoms with Crippen LogP contribution >= 0.6 is 34.8 Å². The number of carbonyl (C=O) groups is 4. The van der Waals surface area contributed by atoms with Crippen molar-refractivity contribution in [3.05, 3.63) is 80.3 Å². The Labute approximate surface area is 205 Å². The third-order valence-corrected chi connectivity index (χ3v) is 6.78. The van der Waals surface area contributed by atoms with E-state index in [1.54, 1.807) is 12.1 Å². The van der Waals surface area contributed by atoms with Crippen molar-refractivity contribution in [2.45, 2.75) is 19.8 Å². The molecule has 2 atom stereocenters. The van der Waals surface area contributed by atoms with Crippen LogP contribution in [0.2, 0.25) is 15.1 Å². The quantitative estimate of drug-likeness (QED) is 0.317. The van der Waals surface area contributed by atoms with Crippen molar-refractivity contribution in [3.63, 3.8) is 0 Å². The topological polar surface area (TPSA) is 74.8 Å². The molecular formula is C24H19Cl3N2O4. The van der Waals surface area contributed by atoms with Gasteiger partial charge in [0.2, 0.25) is 0 Å². The van der Waals surface area contributed by atoms with Crippen molar-refractivity contribution in [2.24, 2.45) is 11.8 Å². The van der Waals surface area contributed by atoms with E-state index in [0.29, 0.717) is 17.9 Å². The number of allylic oxidation sites excluding steroid dienone is 2. The van der Waals surface area contributed by atoms with Crippen LogP contribution in [0, 0.1) is 11.8 Å². The normalized spacial score (nSPS) is 19.9. The van der Waals surface area contributed by atoms with Crippen molar-refractivity contribution < 1.29 is 19.2 Å². The van der Waals surface area contributed by atoms with Gasteiger partial charge in [0, 0.05) is 10.6 Å². The van der Waals surface area contributed by atoms with Crippen LogP contribution in [0.1, 0.15) is 40.5 Å². The molecule has 0 radical (unpaired) electrons. The van der Waals surface area contributed by atoms with E-state index in [-0.39, 0.29) is 21.2 Å². The molecule has 0 N–H and O–H groups in total. The number of imide groups is 1. The monoisotopic (exact) mass is 504 g/mol. The highest BCUT2D eigenvalue weighted by Gasteiger charge is 2.51. The number of hydrazine groups is 1. The van der Waals surface area contributed by atoms with Crippen LogP contribution in [0.5, 0.6) is 0 Å². The number of Topliss-reactive ketones (excluding diaryl/α,β-unsaturated/α-hetero) is 1. The molecule has 9 heteroatoms. The predicted molar refractivity (Wildman–Crippen MR) is 125 cm³/mol. The minimum atomic E-state index is -0.732. The van der Waals surface area contributed by atoms with Crippen LogP contribution in [-0.2, 0) is 9.59 Å². The van der Waals surface area contributed by atoms with Crippen molar-refractivity contribution in [1.29, 1.82) is 0 Å². The lowest BCUT2D eigenvalue weighted by Gasteiger charge is -2.30. The van der Waals surface area contributed by atoms with Crippen LogP contribution in [0.3, 0.4) is 0 Å². The fraction of sp³-hybridized carbons (Fsp3) is 0.250. The molecular weight excluding hydrogens is 487 g/mol. The first-order valence-corrected chi connectivity index (χ1v) is 11.4. The number of nitrogens with zero attached hydrogens (tertiary/aromatic N) is 2. The van der Waals surface area contributed by atoms with Crippen molar-refractivity contribution in [3.8, 4) is 0 Å². The Balaban J connectivity index is 1.73. The highest BCUT2D eigenvalue weighted by molar-refractivity contribution is 6.37. The molecule has 0 aromatic heterocycles. The first-order valence-electron chi connectivity index (χ1n) is 10.3. The molecule has 0 saturated carbocycles. The predicted octanol–water partition coefficient (Wildman–Crippen LogP) is 5.23. The number of ketones is 1. The van der Waals surface area contributed by atoms with Gasteiger partial charge in [-0.2, -0.15) is 5.01 Å². The van der Waals surface area contributed by atoms with Gasteiger partial charge in [0.05, 0.1) is 27.4 Å². The fourth-order valence-electron chi connectivity index (χ4n) is 4.20. The molecule has 2 aromatic rings. The van der Waals surface area contributed by atoms with E-state index in [1.807, 2.05) is 13.0 Å². The van der Waals surface area contributed by atoms with Gasteiger partial charge in [-0.15, -0.1) is 0 Å². The summed E-state index contributed by atoms with van der Waals surface area (Å²) < 4.78 is 0. The van der Waals surface area contributed by atoms with Crippen LogP contribution in [0.4, 0.5) is 0 Å². The van der Waals surface area contributed by atoms with Gasteiger partial charge < -0.3 is 0 Å². The first kappa shape index (κ1) is 23.5. The fourth-order valence-corrected chi connectivity index (χ4v) is 4.93. The highest BCUT2D eigenvalue weighted by Crippen LogP contribution is 2.39. The summed E-state index contributed by atoms with van der Waals surface area (Å²) in [7, 11) is 0. The second kappa shape index (κ2) is 9.29. The molecule has 2 aliphatic rings. The largest absolute Gasteiger partial charge is 0.292 e. The van der Waals surface area contributed by atoms with Gasteiger partial charge >= 0.3 is 0 Å². The molecule has 1 fully saturated rings. The molecule has 1 aliphatic heterocycles. The Morgan fingerprint density at radius 1 is 0.970 bits per heavy atom. The standard InChI is InChI=1S/C24H19Cl3N2O4/c1-13-6-8-15-18(10-13)24(33)29(23(15)32)28(22(31)17-4-2-3-5-19(17)26)12-21(30)16-9-7-14(25)11-20(16)27/h2-7,9,11,15,18H,8,10,12H2,1H3/t15-,18+/m1/s1. The summed E-state index contributed by atoms with van der Waals surface area (Å²) in [6.45, 7) is 1.32. The number of hydrogen-bond donors (Lipinski definition) is 0. The lowest BCUT2D eigenvalue weighted by Crippen LogP contribution is -2.52. The molecule has 33 heavy (non-hydrogen) atoms. The minimum absolute atomic E-state index is 0.0685. The van der Waals surface area contributed by atoms with E-state index in [9.17, 15) is 19.2 Å². The lowest BCUT2D eigenvalue weighted by atomic mass is 9.82. The van der Waals surface area contributed by atoms with Crippen LogP contribution in [0.25, 0.3) is 0 Å². The number of carbonyl (C=O) groups excluding carboxylic acids is 4. The summed E-state index contributed by atoms with van der Waals surface area (Å²) in [6.07, 6.45) is 2.76. The van der Waals surface area contributed by atoms with Crippen molar-refractivity contribution in [1.82, 2.24) is 10.0 Å². The van der Waals surface area contributed by atoms with Gasteiger partial charge in [0.25, 0.3) is 17.7 Å². The maximum absolute atomic E-state index is 13.5. The summed E-state index contributed by atoms with van der Waals surface area (Å²) in [5.41, 5.74) is 1.19. The lowest BCUT2D eigenvalue weighted by molar-refractivity contribution is -0.154. The number of amides is 3. The number of rotatable bonds is 5. The van der Waals surface area contributed by atoms with Gasteiger partial charge in [0.15, 0.2) is 5.78 Å².